The van der Waals surface area contributed by atoms with Crippen molar-refractivity contribution in [3.05, 3.63) is 11.9 Å². The molecule has 4 nitrogen and oxygen atoms in total. The number of nitrogens with zero attached hydrogens (tertiary/aromatic N) is 1. The van der Waals surface area contributed by atoms with E-state index in [9.17, 15) is 103 Å². The minimum atomic E-state index is -9.15. The van der Waals surface area contributed by atoms with Crippen molar-refractivity contribution in [2.24, 2.45) is 0 Å². The van der Waals surface area contributed by atoms with Crippen LogP contribution in [0.4, 0.5) is 87.8 Å². The molecule has 1 atom stereocenters. The molecule has 0 amide bonds. The van der Waals surface area contributed by atoms with Crippen molar-refractivity contribution in [3.63, 3.8) is 0 Å². The molecule has 0 aliphatic rings. The van der Waals surface area contributed by atoms with Gasteiger partial charge in [-0.05, 0) is 6.08 Å². The van der Waals surface area contributed by atoms with Gasteiger partial charge in [0, 0.05) is 0 Å². The first-order valence-corrected chi connectivity index (χ1v) is 9.61. The van der Waals surface area contributed by atoms with E-state index < -0.39 is 95.1 Å². The maximum Gasteiger partial charge on any atom is 0.460 e. The third-order valence-electron chi connectivity index (χ3n) is 4.99. The zero-order valence-corrected chi connectivity index (χ0v) is 19.3. The monoisotopic (exact) mass is 659 g/mol. The molecule has 0 aromatic heterocycles. The summed E-state index contributed by atoms with van der Waals surface area (Å²) in [6, 6.07) is 0. The number of carboxylic acids is 1. The third-order valence-corrected chi connectivity index (χ3v) is 4.99. The van der Waals surface area contributed by atoms with Gasteiger partial charge in [-0.3, -0.25) is 0 Å². The number of carbonyl (C=O) groups excluding carboxylic acids is 1. The van der Waals surface area contributed by atoms with Crippen molar-refractivity contribution in [3.8, 4) is 0 Å². The Morgan fingerprint density at radius 1 is 0.659 bits per heavy atom. The molecule has 244 valence electrons. The van der Waals surface area contributed by atoms with Crippen LogP contribution in [-0.4, -0.2) is 102 Å². The molecule has 0 saturated heterocycles. The fraction of sp³-hybridized carbons (Fsp3) is 0.824. The van der Waals surface area contributed by atoms with Crippen LogP contribution in [0.2, 0.25) is 0 Å². The van der Waals surface area contributed by atoms with E-state index in [1.807, 2.05) is 0 Å². The van der Waals surface area contributed by atoms with Gasteiger partial charge in [0.05, 0.1) is 20.1 Å². The fourth-order valence-electron chi connectivity index (χ4n) is 2.76. The molecule has 1 unspecified atom stereocenters. The van der Waals surface area contributed by atoms with Crippen LogP contribution < -0.4 is 5.11 Å². The van der Waals surface area contributed by atoms with Gasteiger partial charge in [-0.15, -0.1) is 0 Å². The topological polar surface area (TPSA) is 60.4 Å². The maximum absolute atomic E-state index is 13.8. The van der Waals surface area contributed by atoms with Crippen molar-refractivity contribution in [1.29, 1.82) is 0 Å². The zero-order chi connectivity index (χ0) is 33.9. The Hall–Kier alpha value is -2.27. The smallest absolute Gasteiger partial charge is 0.460 e. The van der Waals surface area contributed by atoms with Crippen LogP contribution in [0.15, 0.2) is 11.9 Å². The Kier molecular flexibility index (Phi) is 9.89. The van der Waals surface area contributed by atoms with E-state index in [-0.39, 0.29) is 0 Å². The normalized spacial score (nSPS) is 17.1. The van der Waals surface area contributed by atoms with Gasteiger partial charge in [0.2, 0.25) is 0 Å². The van der Waals surface area contributed by atoms with Crippen LogP contribution in [0.25, 0.3) is 0 Å². The number of aliphatic hydroxyl groups excluding tert-OH is 1. The molecular formula is C17H13F20NO3. The first kappa shape index (κ1) is 38.7. The lowest BCUT2D eigenvalue weighted by Gasteiger charge is -2.43. The van der Waals surface area contributed by atoms with E-state index in [4.69, 9.17) is 0 Å². The van der Waals surface area contributed by atoms with E-state index in [1.54, 1.807) is 0 Å². The highest BCUT2D eigenvalue weighted by Crippen LogP contribution is 2.65. The predicted octanol–water partition coefficient (Wildman–Crippen LogP) is 4.67. The molecule has 0 spiro atoms. The Morgan fingerprint density at radius 3 is 1.24 bits per heavy atom. The Bertz CT molecular complexity index is 999. The summed E-state index contributed by atoms with van der Waals surface area (Å²) in [6.45, 7) is -2.45. The second kappa shape index (κ2) is 10.5. The standard InChI is InChI=1S/C17H13F20NO3/c1-38(2,5-8(40)41)4-6(39)3-7(18)9(19,20)10(21,22)11(23,24)12(25,26)13(27,28)14(29,30)15(31,32)16(33,34)17(35,36)37/h3,6,39H,4-5H2,1-2H3. The number of quaternary nitrogens is 1. The van der Waals surface area contributed by atoms with Gasteiger partial charge in [-0.25, -0.2) is 4.39 Å². The summed E-state index contributed by atoms with van der Waals surface area (Å²) in [6.07, 6.45) is -12.1. The van der Waals surface area contributed by atoms with E-state index in [2.05, 4.69) is 0 Å². The van der Waals surface area contributed by atoms with Gasteiger partial charge in [0.1, 0.15) is 19.2 Å². The molecular weight excluding hydrogens is 646 g/mol. The number of halogens is 20. The van der Waals surface area contributed by atoms with Crippen molar-refractivity contribution in [1.82, 2.24) is 0 Å². The van der Waals surface area contributed by atoms with Crippen molar-refractivity contribution >= 4 is 5.97 Å². The largest absolute Gasteiger partial charge is 0.544 e. The Balaban J connectivity index is 6.84. The number of hydrogen-bond donors (Lipinski definition) is 1. The van der Waals surface area contributed by atoms with Crippen molar-refractivity contribution < 1.29 is 107 Å². The molecule has 0 aromatic rings. The second-order valence-corrected chi connectivity index (χ2v) is 8.82. The van der Waals surface area contributed by atoms with Crippen molar-refractivity contribution in [2.75, 3.05) is 27.2 Å². The van der Waals surface area contributed by atoms with Gasteiger partial charge in [-0.2, -0.15) is 83.4 Å². The molecule has 0 saturated carbocycles. The lowest BCUT2D eigenvalue weighted by molar-refractivity contribution is -0.887. The molecule has 0 aliphatic heterocycles. The number of alkyl halides is 19. The molecule has 0 radical (unpaired) electrons. The number of aliphatic carboxylic acids is 1. The summed E-state index contributed by atoms with van der Waals surface area (Å²) < 4.78 is 265. The summed E-state index contributed by atoms with van der Waals surface area (Å²) in [4.78, 5) is 10.5. The SMILES string of the molecule is C[N+](C)(CC(=O)[O-])CC(O)C=C(F)C(F)(F)C(F)(F)C(F)(F)C(F)(F)C(F)(F)C(F)(F)C(F)(F)C(F)(F)C(F)(F)F. The zero-order valence-electron chi connectivity index (χ0n) is 19.3. The minimum absolute atomic E-state index is 0.798. The number of aliphatic hydroxyl groups is 1. The molecule has 0 aliphatic carbocycles. The molecule has 0 fully saturated rings. The van der Waals surface area contributed by atoms with Crippen molar-refractivity contribution in [2.45, 2.75) is 59.7 Å². The lowest BCUT2D eigenvalue weighted by Crippen LogP contribution is -2.75. The predicted molar refractivity (Wildman–Crippen MR) is 87.7 cm³/mol. The lowest BCUT2D eigenvalue weighted by atomic mass is 9.87. The minimum Gasteiger partial charge on any atom is -0.544 e. The third kappa shape index (κ3) is 5.98. The molecule has 0 heterocycles. The summed E-state index contributed by atoms with van der Waals surface area (Å²) in [5, 5.41) is 19.9. The van der Waals surface area contributed by atoms with Crippen LogP contribution in [0, 0.1) is 0 Å². The van der Waals surface area contributed by atoms with Gasteiger partial charge < -0.3 is 19.5 Å². The van der Waals surface area contributed by atoms with Crippen LogP contribution in [0.5, 0.6) is 0 Å². The van der Waals surface area contributed by atoms with Gasteiger partial charge in [0.25, 0.3) is 0 Å². The number of allylic oxidation sites excluding steroid dienone is 1. The summed E-state index contributed by atoms with van der Waals surface area (Å²) in [5.41, 5.74) is 0. The van der Waals surface area contributed by atoms with Gasteiger partial charge >= 0.3 is 53.6 Å². The van der Waals surface area contributed by atoms with E-state index >= 15 is 0 Å². The molecule has 24 heteroatoms. The first-order chi connectivity index (χ1) is 17.4. The molecule has 41 heavy (non-hydrogen) atoms. The molecule has 1 N–H and O–H groups in total. The van der Waals surface area contributed by atoms with E-state index in [0.717, 1.165) is 14.1 Å². The molecule has 0 aromatic carbocycles. The number of carboxylic acid groups (broad SMARTS) is 1. The highest BCUT2D eigenvalue weighted by molar-refractivity contribution is 5.65. The summed E-state index contributed by atoms with van der Waals surface area (Å²) in [7, 11) is 1.60. The van der Waals surface area contributed by atoms with Gasteiger partial charge in [0.15, 0.2) is 5.83 Å². The Labute approximate surface area is 213 Å². The Morgan fingerprint density at radius 2 is 0.951 bits per heavy atom. The maximum atomic E-state index is 13.8. The molecule has 0 rings (SSSR count). The number of carbonyl (C=O) groups is 1. The van der Waals surface area contributed by atoms with E-state index in [0.29, 0.717) is 0 Å². The fourth-order valence-corrected chi connectivity index (χ4v) is 2.76. The number of likely N-dealkylation sites (N-methyl/N-ethyl adjacent to an activating group) is 1. The second-order valence-electron chi connectivity index (χ2n) is 8.82. The number of rotatable bonds is 13. The average Bonchev–Trinajstić information content (AvgIpc) is 2.69. The quantitative estimate of drug-likeness (QED) is 0.231. The van der Waals surface area contributed by atoms with E-state index in [1.165, 1.54) is 0 Å². The van der Waals surface area contributed by atoms with Crippen LogP contribution in [0.3, 0.4) is 0 Å². The van der Waals surface area contributed by atoms with Crippen LogP contribution in [-0.2, 0) is 4.79 Å². The summed E-state index contributed by atoms with van der Waals surface area (Å²) in [5.74, 6) is -75.5. The van der Waals surface area contributed by atoms with Crippen LogP contribution >= 0.6 is 0 Å². The van der Waals surface area contributed by atoms with Crippen LogP contribution in [0.1, 0.15) is 0 Å². The highest BCUT2D eigenvalue weighted by Gasteiger charge is 2.96. The average molecular weight is 659 g/mol. The summed E-state index contributed by atoms with van der Waals surface area (Å²) >= 11 is 0. The number of hydrogen-bond acceptors (Lipinski definition) is 3. The molecule has 0 bridgehead atoms. The first-order valence-electron chi connectivity index (χ1n) is 9.61. The van der Waals surface area contributed by atoms with Gasteiger partial charge in [-0.1, -0.05) is 0 Å². The highest BCUT2D eigenvalue weighted by atomic mass is 19.4.